The molecule has 0 atom stereocenters. The number of hydrogen-bond donors (Lipinski definition) is 0. The van der Waals surface area contributed by atoms with Gasteiger partial charge in [-0.1, -0.05) is 17.7 Å². The van der Waals surface area contributed by atoms with E-state index in [4.69, 9.17) is 16.6 Å². The maximum Gasteiger partial charge on any atom is 0.0720 e. The third kappa shape index (κ3) is 1.51. The molecule has 1 nitrogen and oxygen atoms in total. The largest absolute Gasteiger partial charge is 0.253 e. The summed E-state index contributed by atoms with van der Waals surface area (Å²) >= 11 is 6.16. The average Bonchev–Trinajstić information content (AvgIpc) is 2.27. The first-order valence-corrected chi connectivity index (χ1v) is 5.79. The van der Waals surface area contributed by atoms with Crippen LogP contribution < -0.4 is 0 Å². The van der Waals surface area contributed by atoms with Crippen molar-refractivity contribution >= 4 is 22.5 Å². The number of aryl methyl sites for hydroxylation is 2. The van der Waals surface area contributed by atoms with Crippen molar-refractivity contribution in [2.75, 3.05) is 0 Å². The van der Waals surface area contributed by atoms with Crippen LogP contribution in [0.2, 0.25) is 5.02 Å². The van der Waals surface area contributed by atoms with Gasteiger partial charge in [0.2, 0.25) is 0 Å². The Kier molecular flexibility index (Phi) is 2.14. The van der Waals surface area contributed by atoms with E-state index in [9.17, 15) is 0 Å². The van der Waals surface area contributed by atoms with E-state index in [1.165, 1.54) is 24.1 Å². The van der Waals surface area contributed by atoms with Gasteiger partial charge in [-0.15, -0.1) is 0 Å². The van der Waals surface area contributed by atoms with Crippen LogP contribution in [0.4, 0.5) is 0 Å². The van der Waals surface area contributed by atoms with Gasteiger partial charge < -0.3 is 0 Å². The number of pyridine rings is 1. The fourth-order valence-electron chi connectivity index (χ4n) is 2.28. The predicted octanol–water partition coefficient (Wildman–Crippen LogP) is 3.77. The number of fused-ring (bicyclic) bond motifs is 2. The molecule has 76 valence electrons. The molecule has 1 aliphatic carbocycles. The molecule has 0 N–H and O–H groups in total. The lowest BCUT2D eigenvalue weighted by Gasteiger charge is -2.15. The van der Waals surface area contributed by atoms with Crippen molar-refractivity contribution < 1.29 is 0 Å². The summed E-state index contributed by atoms with van der Waals surface area (Å²) in [4.78, 5) is 4.69. The molecule has 15 heavy (non-hydrogen) atoms. The van der Waals surface area contributed by atoms with E-state index in [0.29, 0.717) is 0 Å². The highest BCUT2D eigenvalue weighted by Gasteiger charge is 2.12. The van der Waals surface area contributed by atoms with Crippen LogP contribution in [0.1, 0.15) is 24.1 Å². The Morgan fingerprint density at radius 2 is 2.00 bits per heavy atom. The zero-order valence-corrected chi connectivity index (χ0v) is 9.22. The van der Waals surface area contributed by atoms with Crippen LogP contribution in [-0.4, -0.2) is 4.98 Å². The molecule has 0 fully saturated rings. The first-order valence-electron chi connectivity index (χ1n) is 5.41. The second-order valence-corrected chi connectivity index (χ2v) is 4.52. The highest BCUT2D eigenvalue weighted by molar-refractivity contribution is 6.35. The Morgan fingerprint density at radius 1 is 1.13 bits per heavy atom. The first-order chi connectivity index (χ1) is 7.34. The average molecular weight is 218 g/mol. The Hall–Kier alpha value is -1.08. The van der Waals surface area contributed by atoms with Crippen molar-refractivity contribution in [3.8, 4) is 0 Å². The Labute approximate surface area is 94.1 Å². The molecule has 2 aromatic rings. The van der Waals surface area contributed by atoms with Crippen LogP contribution in [0.5, 0.6) is 0 Å². The fourth-order valence-corrected chi connectivity index (χ4v) is 2.51. The number of halogens is 1. The zero-order valence-electron chi connectivity index (χ0n) is 8.46. The zero-order chi connectivity index (χ0) is 10.3. The molecule has 1 aromatic carbocycles. The standard InChI is InChI=1S/C13H12ClN/c14-11-5-3-7-13-10(11)8-9-4-1-2-6-12(9)15-13/h3,5,7-8H,1-2,4,6H2. The van der Waals surface area contributed by atoms with Crippen LogP contribution in [0.15, 0.2) is 24.3 Å². The van der Waals surface area contributed by atoms with Gasteiger partial charge in [-0.2, -0.15) is 0 Å². The summed E-state index contributed by atoms with van der Waals surface area (Å²) in [6.07, 6.45) is 4.83. The van der Waals surface area contributed by atoms with Crippen LogP contribution in [0.25, 0.3) is 10.9 Å². The van der Waals surface area contributed by atoms with Gasteiger partial charge in [-0.25, -0.2) is 0 Å². The summed E-state index contributed by atoms with van der Waals surface area (Å²) in [6.45, 7) is 0. The SMILES string of the molecule is Clc1cccc2nc3c(cc12)CCCC3. The topological polar surface area (TPSA) is 12.9 Å². The maximum atomic E-state index is 6.16. The Balaban J connectivity index is 2.31. The highest BCUT2D eigenvalue weighted by atomic mass is 35.5. The number of aromatic nitrogens is 1. The van der Waals surface area contributed by atoms with Gasteiger partial charge in [0.25, 0.3) is 0 Å². The lowest BCUT2D eigenvalue weighted by Crippen LogP contribution is -2.05. The summed E-state index contributed by atoms with van der Waals surface area (Å²) in [7, 11) is 0. The summed E-state index contributed by atoms with van der Waals surface area (Å²) < 4.78 is 0. The molecule has 0 aliphatic heterocycles. The second kappa shape index (κ2) is 3.49. The minimum atomic E-state index is 0.813. The molecular weight excluding hydrogens is 206 g/mol. The summed E-state index contributed by atoms with van der Waals surface area (Å²) in [5.74, 6) is 0. The van der Waals surface area contributed by atoms with Crippen LogP contribution in [0.3, 0.4) is 0 Å². The van der Waals surface area contributed by atoms with E-state index in [2.05, 4.69) is 6.07 Å². The van der Waals surface area contributed by atoms with Crippen LogP contribution in [0, 0.1) is 0 Å². The normalized spacial score (nSPS) is 15.3. The smallest absolute Gasteiger partial charge is 0.0720 e. The third-order valence-corrected chi connectivity index (χ3v) is 3.41. The molecule has 2 heteroatoms. The molecule has 0 radical (unpaired) electrons. The van der Waals surface area contributed by atoms with Crippen molar-refractivity contribution in [1.82, 2.24) is 4.98 Å². The number of rotatable bonds is 0. The van der Waals surface area contributed by atoms with Gasteiger partial charge in [0.1, 0.15) is 0 Å². The molecule has 0 amide bonds. The molecule has 0 unspecified atom stereocenters. The summed E-state index contributed by atoms with van der Waals surface area (Å²) in [5, 5.41) is 1.91. The molecule has 0 saturated heterocycles. The van der Waals surface area contributed by atoms with Gasteiger partial charge in [0, 0.05) is 16.1 Å². The highest BCUT2D eigenvalue weighted by Crippen LogP contribution is 2.27. The van der Waals surface area contributed by atoms with Gasteiger partial charge in [-0.3, -0.25) is 4.98 Å². The Morgan fingerprint density at radius 3 is 2.93 bits per heavy atom. The summed E-state index contributed by atoms with van der Waals surface area (Å²) in [5.41, 5.74) is 3.70. The Bertz CT molecular complexity index is 519. The van der Waals surface area contributed by atoms with E-state index in [0.717, 1.165) is 28.8 Å². The monoisotopic (exact) mass is 217 g/mol. The first kappa shape index (κ1) is 9.17. The van der Waals surface area contributed by atoms with E-state index >= 15 is 0 Å². The van der Waals surface area contributed by atoms with Gasteiger partial charge in [0.15, 0.2) is 0 Å². The minimum Gasteiger partial charge on any atom is -0.253 e. The molecular formula is C13H12ClN. The van der Waals surface area contributed by atoms with Crippen LogP contribution >= 0.6 is 11.6 Å². The minimum absolute atomic E-state index is 0.813. The van der Waals surface area contributed by atoms with Gasteiger partial charge >= 0.3 is 0 Å². The van der Waals surface area contributed by atoms with Crippen molar-refractivity contribution in [3.05, 3.63) is 40.5 Å². The number of hydrogen-bond acceptors (Lipinski definition) is 1. The van der Waals surface area contributed by atoms with Crippen LogP contribution in [-0.2, 0) is 12.8 Å². The van der Waals surface area contributed by atoms with E-state index < -0.39 is 0 Å². The fraction of sp³-hybridized carbons (Fsp3) is 0.308. The maximum absolute atomic E-state index is 6.16. The second-order valence-electron chi connectivity index (χ2n) is 4.11. The molecule has 1 aromatic heterocycles. The molecule has 1 aliphatic rings. The van der Waals surface area contributed by atoms with Crippen molar-refractivity contribution in [1.29, 1.82) is 0 Å². The predicted molar refractivity (Wildman–Crippen MR) is 63.4 cm³/mol. The molecule has 1 heterocycles. The lowest BCUT2D eigenvalue weighted by molar-refractivity contribution is 0.671. The molecule has 0 spiro atoms. The third-order valence-electron chi connectivity index (χ3n) is 3.08. The van der Waals surface area contributed by atoms with E-state index in [-0.39, 0.29) is 0 Å². The number of benzene rings is 1. The molecule has 0 saturated carbocycles. The van der Waals surface area contributed by atoms with Crippen molar-refractivity contribution in [3.63, 3.8) is 0 Å². The van der Waals surface area contributed by atoms with Gasteiger partial charge in [-0.05, 0) is 49.4 Å². The quantitative estimate of drug-likeness (QED) is 0.655. The lowest BCUT2D eigenvalue weighted by atomic mass is 9.95. The number of nitrogens with zero attached hydrogens (tertiary/aromatic N) is 1. The van der Waals surface area contributed by atoms with E-state index in [1.54, 1.807) is 0 Å². The molecule has 3 rings (SSSR count). The van der Waals surface area contributed by atoms with Crippen molar-refractivity contribution in [2.45, 2.75) is 25.7 Å². The summed E-state index contributed by atoms with van der Waals surface area (Å²) in [6, 6.07) is 8.16. The van der Waals surface area contributed by atoms with E-state index in [1.807, 2.05) is 18.2 Å². The van der Waals surface area contributed by atoms with Crippen molar-refractivity contribution in [2.24, 2.45) is 0 Å². The molecule has 0 bridgehead atoms. The van der Waals surface area contributed by atoms with Gasteiger partial charge in [0.05, 0.1) is 5.52 Å².